The first-order chi connectivity index (χ1) is 12.2. The molecule has 1 aliphatic heterocycles. The van der Waals surface area contributed by atoms with Gasteiger partial charge >= 0.3 is 6.03 Å². The molecular weight excluding hydrogens is 342 g/mol. The van der Waals surface area contributed by atoms with E-state index in [1.54, 1.807) is 37.7 Å². The van der Waals surface area contributed by atoms with E-state index in [1.165, 1.54) is 5.56 Å². The summed E-state index contributed by atoms with van der Waals surface area (Å²) >= 11 is 5.99. The minimum Gasteiger partial charge on any atom is -0.495 e. The smallest absolute Gasteiger partial charge is 0.319 e. The minimum atomic E-state index is -0.309. The fraction of sp³-hybridized carbons (Fsp3) is 0.333. The number of halogens is 1. The fourth-order valence-corrected chi connectivity index (χ4v) is 3.06. The second-order valence-corrected chi connectivity index (χ2v) is 6.34. The van der Waals surface area contributed by atoms with Crippen LogP contribution in [0.4, 0.5) is 10.5 Å². The topological polar surface area (TPSA) is 72.5 Å². The second-order valence-electron chi connectivity index (χ2n) is 5.91. The summed E-state index contributed by atoms with van der Waals surface area (Å²) < 4.78 is 10.8. The van der Waals surface area contributed by atoms with Crippen LogP contribution in [0.15, 0.2) is 42.7 Å². The molecule has 3 rings (SSSR count). The van der Waals surface area contributed by atoms with Crippen LogP contribution in [0.25, 0.3) is 0 Å². The van der Waals surface area contributed by atoms with Gasteiger partial charge in [-0.1, -0.05) is 11.6 Å². The van der Waals surface area contributed by atoms with Crippen molar-refractivity contribution in [1.29, 1.82) is 0 Å². The SMILES string of the molecule is COc1ccc(Cl)cc1NC(=O)N[C@@H]1COC[C@H]1Cc1ccncc1. The highest BCUT2D eigenvalue weighted by Crippen LogP contribution is 2.27. The van der Waals surface area contributed by atoms with Crippen LogP contribution in [0.3, 0.4) is 0 Å². The number of anilines is 1. The number of methoxy groups -OCH3 is 1. The Morgan fingerprint density at radius 3 is 2.88 bits per heavy atom. The van der Waals surface area contributed by atoms with Crippen molar-refractivity contribution < 1.29 is 14.3 Å². The summed E-state index contributed by atoms with van der Waals surface area (Å²) in [7, 11) is 1.54. The number of urea groups is 1. The average molecular weight is 362 g/mol. The van der Waals surface area contributed by atoms with Gasteiger partial charge in [-0.2, -0.15) is 0 Å². The number of carbonyl (C=O) groups excluding carboxylic acids is 1. The van der Waals surface area contributed by atoms with Crippen LogP contribution in [0, 0.1) is 5.92 Å². The van der Waals surface area contributed by atoms with E-state index in [0.717, 1.165) is 6.42 Å². The molecule has 7 heteroatoms. The van der Waals surface area contributed by atoms with Crippen molar-refractivity contribution in [1.82, 2.24) is 10.3 Å². The Kier molecular flexibility index (Phi) is 5.73. The molecule has 1 aromatic heterocycles. The number of carbonyl (C=O) groups is 1. The second kappa shape index (κ2) is 8.18. The maximum Gasteiger partial charge on any atom is 0.319 e. The molecule has 2 N–H and O–H groups in total. The van der Waals surface area contributed by atoms with Gasteiger partial charge in [0.15, 0.2) is 0 Å². The molecule has 0 spiro atoms. The van der Waals surface area contributed by atoms with Gasteiger partial charge in [-0.25, -0.2) is 4.79 Å². The van der Waals surface area contributed by atoms with E-state index < -0.39 is 0 Å². The quantitative estimate of drug-likeness (QED) is 0.858. The van der Waals surface area contributed by atoms with Gasteiger partial charge in [-0.05, 0) is 42.3 Å². The summed E-state index contributed by atoms with van der Waals surface area (Å²) in [6, 6.07) is 8.66. The van der Waals surface area contributed by atoms with E-state index in [0.29, 0.717) is 29.7 Å². The van der Waals surface area contributed by atoms with E-state index in [-0.39, 0.29) is 18.0 Å². The zero-order valence-corrected chi connectivity index (χ0v) is 14.6. The van der Waals surface area contributed by atoms with E-state index in [1.807, 2.05) is 12.1 Å². The number of rotatable bonds is 5. The van der Waals surface area contributed by atoms with E-state index in [4.69, 9.17) is 21.1 Å². The van der Waals surface area contributed by atoms with Crippen LogP contribution in [-0.2, 0) is 11.2 Å². The van der Waals surface area contributed by atoms with Gasteiger partial charge in [0.1, 0.15) is 5.75 Å². The van der Waals surface area contributed by atoms with Gasteiger partial charge in [0, 0.05) is 23.3 Å². The minimum absolute atomic E-state index is 0.0571. The number of pyridine rings is 1. The zero-order chi connectivity index (χ0) is 17.6. The molecular formula is C18H20ClN3O3. The molecule has 6 nitrogen and oxygen atoms in total. The number of aromatic nitrogens is 1. The summed E-state index contributed by atoms with van der Waals surface area (Å²) in [5, 5.41) is 6.29. The standard InChI is InChI=1S/C18H20ClN3O3/c1-24-17-3-2-14(19)9-15(17)21-18(23)22-16-11-25-10-13(16)8-12-4-6-20-7-5-12/h2-7,9,13,16H,8,10-11H2,1H3,(H2,21,22,23)/t13-,16-/m1/s1. The largest absolute Gasteiger partial charge is 0.495 e. The van der Waals surface area contributed by atoms with Crippen LogP contribution >= 0.6 is 11.6 Å². The molecule has 0 aliphatic carbocycles. The third-order valence-corrected chi connectivity index (χ3v) is 4.41. The van der Waals surface area contributed by atoms with Crippen LogP contribution in [-0.4, -0.2) is 37.4 Å². The molecule has 0 radical (unpaired) electrons. The highest BCUT2D eigenvalue weighted by Gasteiger charge is 2.29. The predicted octanol–water partition coefficient (Wildman–Crippen LogP) is 3.12. The van der Waals surface area contributed by atoms with Gasteiger partial charge in [0.25, 0.3) is 0 Å². The molecule has 0 saturated carbocycles. The van der Waals surface area contributed by atoms with E-state index in [2.05, 4.69) is 15.6 Å². The number of amides is 2. The normalized spacial score (nSPS) is 19.4. The van der Waals surface area contributed by atoms with Crippen LogP contribution < -0.4 is 15.4 Å². The Morgan fingerprint density at radius 2 is 2.12 bits per heavy atom. The molecule has 2 atom stereocenters. The molecule has 1 aromatic carbocycles. The summed E-state index contributed by atoms with van der Waals surface area (Å²) in [5.41, 5.74) is 1.70. The molecule has 132 valence electrons. The lowest BCUT2D eigenvalue weighted by atomic mass is 9.95. The Hall–Kier alpha value is -2.31. The molecule has 0 unspecified atom stereocenters. The number of benzene rings is 1. The van der Waals surface area contributed by atoms with Gasteiger partial charge in [0.2, 0.25) is 0 Å². The molecule has 25 heavy (non-hydrogen) atoms. The summed E-state index contributed by atoms with van der Waals surface area (Å²) in [6.45, 7) is 1.11. The van der Waals surface area contributed by atoms with E-state index in [9.17, 15) is 4.79 Å². The Labute approximate surface area is 151 Å². The third kappa shape index (κ3) is 4.61. The Bertz CT molecular complexity index is 727. The number of ether oxygens (including phenoxy) is 2. The van der Waals surface area contributed by atoms with Crippen LogP contribution in [0.5, 0.6) is 5.75 Å². The molecule has 2 aromatic rings. The van der Waals surface area contributed by atoms with Crippen molar-refractivity contribution in [3.05, 3.63) is 53.3 Å². The molecule has 1 aliphatic rings. The van der Waals surface area contributed by atoms with Gasteiger partial charge < -0.3 is 20.1 Å². The third-order valence-electron chi connectivity index (χ3n) is 4.17. The highest BCUT2D eigenvalue weighted by molar-refractivity contribution is 6.31. The molecule has 2 heterocycles. The van der Waals surface area contributed by atoms with Crippen molar-refractivity contribution in [2.75, 3.05) is 25.6 Å². The van der Waals surface area contributed by atoms with Crippen LogP contribution in [0.1, 0.15) is 5.56 Å². The number of nitrogens with zero attached hydrogens (tertiary/aromatic N) is 1. The Balaban J connectivity index is 1.61. The maximum atomic E-state index is 12.4. The zero-order valence-electron chi connectivity index (χ0n) is 13.9. The molecule has 1 fully saturated rings. The van der Waals surface area contributed by atoms with Gasteiger partial charge in [-0.3, -0.25) is 4.98 Å². The lowest BCUT2D eigenvalue weighted by molar-refractivity contribution is 0.182. The first-order valence-electron chi connectivity index (χ1n) is 8.03. The monoisotopic (exact) mass is 361 g/mol. The first-order valence-corrected chi connectivity index (χ1v) is 8.41. The van der Waals surface area contributed by atoms with Crippen molar-refractivity contribution in [2.24, 2.45) is 5.92 Å². The molecule has 2 amide bonds. The van der Waals surface area contributed by atoms with Crippen molar-refractivity contribution >= 4 is 23.3 Å². The van der Waals surface area contributed by atoms with Crippen molar-refractivity contribution in [3.63, 3.8) is 0 Å². The Morgan fingerprint density at radius 1 is 1.32 bits per heavy atom. The highest BCUT2D eigenvalue weighted by atomic mass is 35.5. The van der Waals surface area contributed by atoms with Gasteiger partial charge in [0.05, 0.1) is 32.1 Å². The lowest BCUT2D eigenvalue weighted by Crippen LogP contribution is -2.42. The van der Waals surface area contributed by atoms with E-state index >= 15 is 0 Å². The number of nitrogens with one attached hydrogen (secondary N) is 2. The fourth-order valence-electron chi connectivity index (χ4n) is 2.89. The lowest BCUT2D eigenvalue weighted by Gasteiger charge is -2.20. The van der Waals surface area contributed by atoms with Crippen molar-refractivity contribution in [2.45, 2.75) is 12.5 Å². The maximum absolute atomic E-state index is 12.4. The van der Waals surface area contributed by atoms with Crippen LogP contribution in [0.2, 0.25) is 5.02 Å². The number of hydrogen-bond donors (Lipinski definition) is 2. The molecule has 0 bridgehead atoms. The number of hydrogen-bond acceptors (Lipinski definition) is 4. The summed E-state index contributed by atoms with van der Waals surface area (Å²) in [4.78, 5) is 16.4. The van der Waals surface area contributed by atoms with Gasteiger partial charge in [-0.15, -0.1) is 0 Å². The average Bonchev–Trinajstić information content (AvgIpc) is 3.02. The summed E-state index contributed by atoms with van der Waals surface area (Å²) in [6.07, 6.45) is 4.37. The molecule has 1 saturated heterocycles. The summed E-state index contributed by atoms with van der Waals surface area (Å²) in [5.74, 6) is 0.768. The predicted molar refractivity (Wildman–Crippen MR) is 96.2 cm³/mol. The van der Waals surface area contributed by atoms with Crippen molar-refractivity contribution in [3.8, 4) is 5.75 Å². The first kappa shape index (κ1) is 17.5.